The third-order valence-electron chi connectivity index (χ3n) is 2.78. The highest BCUT2D eigenvalue weighted by atomic mass is 32.1. The summed E-state index contributed by atoms with van der Waals surface area (Å²) in [6.07, 6.45) is 0.295. The molecule has 3 N–H and O–H groups in total. The van der Waals surface area contributed by atoms with Gasteiger partial charge in [-0.25, -0.2) is 4.98 Å². The van der Waals surface area contributed by atoms with Crippen molar-refractivity contribution in [2.45, 2.75) is 32.1 Å². The third-order valence-corrected chi connectivity index (χ3v) is 3.70. The van der Waals surface area contributed by atoms with E-state index < -0.39 is 12.0 Å². The molecule has 18 heavy (non-hydrogen) atoms. The average Bonchev–Trinajstić information content (AvgIpc) is 2.75. The molecule has 0 spiro atoms. The Labute approximate surface area is 109 Å². The highest BCUT2D eigenvalue weighted by Crippen LogP contribution is 2.26. The Morgan fingerprint density at radius 3 is 2.78 bits per heavy atom. The molecule has 1 aliphatic rings. The summed E-state index contributed by atoms with van der Waals surface area (Å²) in [5, 5.41) is 11.4. The van der Waals surface area contributed by atoms with Gasteiger partial charge in [0, 0.05) is 18.5 Å². The van der Waals surface area contributed by atoms with Crippen LogP contribution in [-0.4, -0.2) is 41.4 Å². The van der Waals surface area contributed by atoms with Gasteiger partial charge in [0.05, 0.1) is 17.9 Å². The van der Waals surface area contributed by atoms with Gasteiger partial charge in [-0.15, -0.1) is 11.3 Å². The molecule has 6 nitrogen and oxygen atoms in total. The molecule has 1 aromatic heterocycles. The van der Waals surface area contributed by atoms with E-state index in [4.69, 9.17) is 15.6 Å². The largest absolute Gasteiger partial charge is 0.480 e. The van der Waals surface area contributed by atoms with Crippen LogP contribution in [0.5, 0.6) is 0 Å². The summed E-state index contributed by atoms with van der Waals surface area (Å²) in [4.78, 5) is 17.2. The maximum Gasteiger partial charge on any atom is 0.326 e. The van der Waals surface area contributed by atoms with Crippen LogP contribution in [0.15, 0.2) is 5.38 Å². The maximum absolute atomic E-state index is 10.8. The number of ether oxygens (including phenoxy) is 1. The Kier molecular flexibility index (Phi) is 3.84. The molecule has 3 atom stereocenters. The van der Waals surface area contributed by atoms with Crippen LogP contribution in [0.3, 0.4) is 0 Å². The average molecular weight is 271 g/mol. The molecule has 0 aromatic carbocycles. The molecule has 0 amide bonds. The predicted octanol–water partition coefficient (Wildman–Crippen LogP) is 0.841. The zero-order chi connectivity index (χ0) is 13.3. The predicted molar refractivity (Wildman–Crippen MR) is 68.9 cm³/mol. The van der Waals surface area contributed by atoms with Crippen LogP contribution in [0.2, 0.25) is 0 Å². The zero-order valence-corrected chi connectivity index (χ0v) is 11.2. The number of carboxylic acid groups (broad SMARTS) is 1. The van der Waals surface area contributed by atoms with Gasteiger partial charge in [-0.2, -0.15) is 0 Å². The lowest BCUT2D eigenvalue weighted by Crippen LogP contribution is -2.45. The lowest BCUT2D eigenvalue weighted by Gasteiger charge is -2.35. The molecule has 2 heterocycles. The number of thiazole rings is 1. The lowest BCUT2D eigenvalue weighted by molar-refractivity contribution is -0.138. The monoisotopic (exact) mass is 271 g/mol. The number of hydrogen-bond acceptors (Lipinski definition) is 6. The second-order valence-corrected chi connectivity index (χ2v) is 5.37. The minimum absolute atomic E-state index is 0.147. The molecule has 1 aliphatic heterocycles. The van der Waals surface area contributed by atoms with Crippen molar-refractivity contribution in [1.29, 1.82) is 0 Å². The van der Waals surface area contributed by atoms with Crippen molar-refractivity contribution in [3.05, 3.63) is 11.1 Å². The number of carboxylic acids is 1. The first kappa shape index (κ1) is 13.3. The summed E-state index contributed by atoms with van der Waals surface area (Å²) in [6.45, 7) is 5.56. The molecular weight excluding hydrogens is 254 g/mol. The van der Waals surface area contributed by atoms with Gasteiger partial charge in [0.15, 0.2) is 5.13 Å². The minimum atomic E-state index is -1.06. The van der Waals surface area contributed by atoms with Crippen LogP contribution in [0, 0.1) is 0 Å². The van der Waals surface area contributed by atoms with Gasteiger partial charge < -0.3 is 20.5 Å². The summed E-state index contributed by atoms with van der Waals surface area (Å²) in [6, 6.07) is -1.05. The van der Waals surface area contributed by atoms with Crippen LogP contribution in [0.25, 0.3) is 0 Å². The molecule has 0 bridgehead atoms. The molecule has 1 aromatic rings. The number of nitrogens with zero attached hydrogens (tertiary/aromatic N) is 2. The van der Waals surface area contributed by atoms with Gasteiger partial charge in [-0.3, -0.25) is 4.79 Å². The van der Waals surface area contributed by atoms with E-state index in [1.807, 2.05) is 13.8 Å². The van der Waals surface area contributed by atoms with Gasteiger partial charge in [0.1, 0.15) is 6.04 Å². The van der Waals surface area contributed by atoms with E-state index in [0.717, 1.165) is 18.2 Å². The van der Waals surface area contributed by atoms with Crippen molar-refractivity contribution in [1.82, 2.24) is 4.98 Å². The summed E-state index contributed by atoms with van der Waals surface area (Å²) < 4.78 is 5.65. The fraction of sp³-hybridized carbons (Fsp3) is 0.636. The van der Waals surface area contributed by atoms with Gasteiger partial charge >= 0.3 is 5.97 Å². The summed E-state index contributed by atoms with van der Waals surface area (Å²) in [5.74, 6) is -1.06. The molecule has 100 valence electrons. The number of morpholine rings is 1. The standard InChI is InChI=1S/C11H17N3O3S/c1-6-3-14(4-7(2)17-6)11-13-8(5-18-11)9(12)10(15)16/h5-7,9H,3-4,12H2,1-2H3,(H,15,16). The Morgan fingerprint density at radius 1 is 1.61 bits per heavy atom. The van der Waals surface area contributed by atoms with Gasteiger partial charge in [0.25, 0.3) is 0 Å². The Hall–Kier alpha value is -1.18. The first-order chi connectivity index (χ1) is 8.47. The lowest BCUT2D eigenvalue weighted by atomic mass is 10.2. The van der Waals surface area contributed by atoms with Gasteiger partial charge in [-0.05, 0) is 13.8 Å². The first-order valence-corrected chi connectivity index (χ1v) is 6.69. The third kappa shape index (κ3) is 2.80. The van der Waals surface area contributed by atoms with Gasteiger partial charge in [0.2, 0.25) is 0 Å². The number of aromatic nitrogens is 1. The van der Waals surface area contributed by atoms with E-state index in [9.17, 15) is 4.79 Å². The van der Waals surface area contributed by atoms with Crippen molar-refractivity contribution in [3.63, 3.8) is 0 Å². The minimum Gasteiger partial charge on any atom is -0.480 e. The molecule has 3 unspecified atom stereocenters. The highest BCUT2D eigenvalue weighted by molar-refractivity contribution is 7.13. The van der Waals surface area contributed by atoms with E-state index >= 15 is 0 Å². The number of nitrogens with two attached hydrogens (primary N) is 1. The summed E-state index contributed by atoms with van der Waals surface area (Å²) >= 11 is 1.42. The fourth-order valence-corrected chi connectivity index (χ4v) is 2.91. The topological polar surface area (TPSA) is 88.7 Å². The van der Waals surface area contributed by atoms with E-state index in [0.29, 0.717) is 5.69 Å². The molecule has 0 radical (unpaired) electrons. The Morgan fingerprint density at radius 2 is 2.22 bits per heavy atom. The van der Waals surface area contributed by atoms with Crippen LogP contribution in [0.1, 0.15) is 25.6 Å². The van der Waals surface area contributed by atoms with E-state index in [1.165, 1.54) is 11.3 Å². The number of rotatable bonds is 3. The SMILES string of the molecule is CC1CN(c2nc(C(N)C(=O)O)cs2)CC(C)O1. The molecule has 7 heteroatoms. The molecule has 0 aliphatic carbocycles. The van der Waals surface area contributed by atoms with E-state index in [2.05, 4.69) is 9.88 Å². The molecule has 1 fully saturated rings. The van der Waals surface area contributed by atoms with Crippen molar-refractivity contribution in [2.75, 3.05) is 18.0 Å². The van der Waals surface area contributed by atoms with E-state index in [1.54, 1.807) is 5.38 Å². The number of hydrogen-bond donors (Lipinski definition) is 2. The zero-order valence-electron chi connectivity index (χ0n) is 10.4. The highest BCUT2D eigenvalue weighted by Gasteiger charge is 2.25. The summed E-state index contributed by atoms with van der Waals surface area (Å²) in [7, 11) is 0. The normalized spacial score (nSPS) is 26.1. The molecular formula is C11H17N3O3S. The van der Waals surface area contributed by atoms with E-state index in [-0.39, 0.29) is 12.2 Å². The van der Waals surface area contributed by atoms with Crippen LogP contribution in [0.4, 0.5) is 5.13 Å². The quantitative estimate of drug-likeness (QED) is 0.847. The number of anilines is 1. The van der Waals surface area contributed by atoms with Crippen LogP contribution >= 0.6 is 11.3 Å². The van der Waals surface area contributed by atoms with Crippen LogP contribution < -0.4 is 10.6 Å². The Balaban J connectivity index is 2.12. The van der Waals surface area contributed by atoms with Crippen molar-refractivity contribution < 1.29 is 14.6 Å². The molecule has 0 saturated carbocycles. The maximum atomic E-state index is 10.8. The summed E-state index contributed by atoms with van der Waals surface area (Å²) in [5.41, 5.74) is 5.95. The first-order valence-electron chi connectivity index (χ1n) is 5.81. The smallest absolute Gasteiger partial charge is 0.326 e. The van der Waals surface area contributed by atoms with Crippen molar-refractivity contribution >= 4 is 22.4 Å². The van der Waals surface area contributed by atoms with Gasteiger partial charge in [-0.1, -0.05) is 0 Å². The number of aliphatic carboxylic acids is 1. The fourth-order valence-electron chi connectivity index (χ4n) is 2.02. The second kappa shape index (κ2) is 5.21. The van der Waals surface area contributed by atoms with Crippen molar-refractivity contribution in [3.8, 4) is 0 Å². The number of carbonyl (C=O) groups is 1. The Bertz CT molecular complexity index is 427. The van der Waals surface area contributed by atoms with Crippen molar-refractivity contribution in [2.24, 2.45) is 5.73 Å². The molecule has 2 rings (SSSR count). The molecule has 1 saturated heterocycles. The van der Waals surface area contributed by atoms with Crippen LogP contribution in [-0.2, 0) is 9.53 Å². The second-order valence-electron chi connectivity index (χ2n) is 4.53.